The zero-order chi connectivity index (χ0) is 30.5. The van der Waals surface area contributed by atoms with Crippen LogP contribution in [0.5, 0.6) is 0 Å². The third-order valence-corrected chi connectivity index (χ3v) is 11.3. The van der Waals surface area contributed by atoms with E-state index in [0.717, 1.165) is 51.4 Å². The van der Waals surface area contributed by atoms with Gasteiger partial charge in [0.2, 0.25) is 0 Å². The summed E-state index contributed by atoms with van der Waals surface area (Å²) in [5.74, 6) is -0.721. The van der Waals surface area contributed by atoms with E-state index in [1.54, 1.807) is 21.7 Å². The Balaban J connectivity index is 0. The Kier molecular flexibility index (Phi) is 30.5. The van der Waals surface area contributed by atoms with Crippen LogP contribution >= 0.6 is 0 Å². The average molecular weight is 672 g/mol. The van der Waals surface area contributed by atoms with Gasteiger partial charge in [0, 0.05) is 12.8 Å². The molecule has 0 aliphatic heterocycles. The molecule has 0 aromatic rings. The molecule has 0 N–H and O–H groups in total. The predicted molar refractivity (Wildman–Crippen MR) is 178 cm³/mol. The average Bonchev–Trinajstić information content (AvgIpc) is 2.85. The summed E-state index contributed by atoms with van der Waals surface area (Å²) in [5.41, 5.74) is 0.701. The molecule has 0 aromatic carbocycles. The first-order valence-electron chi connectivity index (χ1n) is 17.4. The fraction of sp³-hybridized carbons (Fsp3) is 0.944. The quantitative estimate of drug-likeness (QED) is 0.0444. The van der Waals surface area contributed by atoms with Crippen LogP contribution in [0.2, 0.25) is 8.87 Å². The van der Waals surface area contributed by atoms with Crippen LogP contribution in [-0.2, 0) is 14.3 Å². The number of unbranched alkanes of at least 4 members (excludes halogenated alkanes) is 14. The van der Waals surface area contributed by atoms with E-state index in [2.05, 4.69) is 55.4 Å². The molecular formula is C36H72O3Sn. The number of carbonyl (C=O) groups is 2. The van der Waals surface area contributed by atoms with Gasteiger partial charge in [-0.2, -0.15) is 0 Å². The first-order valence-corrected chi connectivity index (χ1v) is 21.4. The molecule has 4 heteroatoms. The van der Waals surface area contributed by atoms with Crippen molar-refractivity contribution in [2.75, 3.05) is 0 Å². The van der Waals surface area contributed by atoms with Gasteiger partial charge >= 0.3 is 133 Å². The zero-order valence-corrected chi connectivity index (χ0v) is 31.5. The van der Waals surface area contributed by atoms with Crippen LogP contribution in [0.25, 0.3) is 0 Å². The monoisotopic (exact) mass is 672 g/mol. The molecule has 0 bridgehead atoms. The number of hydrogen-bond acceptors (Lipinski definition) is 3. The van der Waals surface area contributed by atoms with Crippen molar-refractivity contribution in [2.45, 2.75) is 206 Å². The fourth-order valence-electron chi connectivity index (χ4n) is 4.62. The Morgan fingerprint density at radius 3 is 1.15 bits per heavy atom. The molecule has 0 heterocycles. The van der Waals surface area contributed by atoms with Gasteiger partial charge in [0.1, 0.15) is 0 Å². The summed E-state index contributed by atoms with van der Waals surface area (Å²) in [6.45, 7) is 17.9. The van der Waals surface area contributed by atoms with Gasteiger partial charge in [0.25, 0.3) is 0 Å². The van der Waals surface area contributed by atoms with Crippen LogP contribution in [-0.4, -0.2) is 33.1 Å². The van der Waals surface area contributed by atoms with Gasteiger partial charge in [-0.1, -0.05) is 67.2 Å². The first-order chi connectivity index (χ1) is 18.9. The van der Waals surface area contributed by atoms with E-state index in [9.17, 15) is 9.59 Å². The van der Waals surface area contributed by atoms with Gasteiger partial charge in [0.05, 0.1) is 0 Å². The number of carbonyl (C=O) groups excluding carboxylic acids is 2. The van der Waals surface area contributed by atoms with Gasteiger partial charge in [-0.15, -0.1) is 0 Å². The summed E-state index contributed by atoms with van der Waals surface area (Å²) in [4.78, 5) is 23.2. The third kappa shape index (κ3) is 40.1. The van der Waals surface area contributed by atoms with Crippen LogP contribution in [0.3, 0.4) is 0 Å². The van der Waals surface area contributed by atoms with E-state index in [0.29, 0.717) is 23.7 Å². The molecule has 0 spiro atoms. The Bertz CT molecular complexity index is 511. The molecule has 0 saturated heterocycles. The Morgan fingerprint density at radius 1 is 0.475 bits per heavy atom. The maximum atomic E-state index is 11.6. The van der Waals surface area contributed by atoms with Crippen LogP contribution < -0.4 is 0 Å². The van der Waals surface area contributed by atoms with E-state index in [-0.39, 0.29) is 33.1 Å². The van der Waals surface area contributed by atoms with Crippen molar-refractivity contribution in [2.24, 2.45) is 10.8 Å². The van der Waals surface area contributed by atoms with Crippen molar-refractivity contribution >= 4 is 33.1 Å². The Hall–Kier alpha value is -0.0613. The van der Waals surface area contributed by atoms with Crippen molar-refractivity contribution < 1.29 is 14.3 Å². The molecule has 0 rings (SSSR count). The van der Waals surface area contributed by atoms with Crippen molar-refractivity contribution in [3.8, 4) is 0 Å². The van der Waals surface area contributed by atoms with Crippen LogP contribution in [0, 0.1) is 10.8 Å². The van der Waals surface area contributed by atoms with Crippen LogP contribution in [0.1, 0.15) is 197 Å². The molecular weight excluding hydrogens is 599 g/mol. The van der Waals surface area contributed by atoms with E-state index < -0.39 is 0 Å². The molecule has 40 heavy (non-hydrogen) atoms. The molecule has 0 amide bonds. The molecule has 0 unspecified atom stereocenters. The van der Waals surface area contributed by atoms with Gasteiger partial charge in [-0.25, -0.2) is 0 Å². The minimum atomic E-state index is -0.361. The van der Waals surface area contributed by atoms with Crippen LogP contribution in [0.4, 0.5) is 0 Å². The summed E-state index contributed by atoms with van der Waals surface area (Å²) in [6.07, 6.45) is 26.8. The van der Waals surface area contributed by atoms with E-state index in [1.807, 2.05) is 0 Å². The van der Waals surface area contributed by atoms with Crippen molar-refractivity contribution in [1.82, 2.24) is 0 Å². The maximum absolute atomic E-state index is 11.6. The second kappa shape index (κ2) is 29.0. The number of hydrogen-bond donors (Lipinski definition) is 0. The Morgan fingerprint density at radius 2 is 0.800 bits per heavy atom. The second-order valence-corrected chi connectivity index (χ2v) is 18.7. The fourth-order valence-corrected chi connectivity index (χ4v) is 8.19. The molecule has 2 radical (unpaired) electrons. The first kappa shape index (κ1) is 42.1. The summed E-state index contributed by atoms with van der Waals surface area (Å²) in [7, 11) is 0. The molecule has 0 fully saturated rings. The van der Waals surface area contributed by atoms with Gasteiger partial charge in [-0.3, -0.25) is 9.59 Å². The number of ether oxygens (including phenoxy) is 1. The number of rotatable bonds is 24. The standard InChI is InChI=1S/C20H38O3.2C8H17.Sn/c1-19(2,3)15-11-7-9-13-17(21)23-18(22)14-10-8-12-16-20(4,5)6;2*1-3-5-7-8-6-4-2;/h7-16H2,1-6H3;2*1,3-8H2,2H3;. The minimum absolute atomic E-state index is 0.0736. The van der Waals surface area contributed by atoms with E-state index in [4.69, 9.17) is 4.74 Å². The molecule has 0 aliphatic rings. The van der Waals surface area contributed by atoms with Crippen molar-refractivity contribution in [3.05, 3.63) is 0 Å². The molecule has 0 atom stereocenters. The van der Waals surface area contributed by atoms with Gasteiger partial charge in [0.15, 0.2) is 0 Å². The molecule has 0 aliphatic carbocycles. The van der Waals surface area contributed by atoms with Gasteiger partial charge in [-0.05, 0) is 36.5 Å². The van der Waals surface area contributed by atoms with E-state index >= 15 is 0 Å². The molecule has 0 aromatic heterocycles. The van der Waals surface area contributed by atoms with Crippen LogP contribution in [0.15, 0.2) is 0 Å². The summed E-state index contributed by atoms with van der Waals surface area (Å²) < 4.78 is 8.18. The normalized spacial score (nSPS) is 11.7. The van der Waals surface area contributed by atoms with Crippen molar-refractivity contribution in [3.63, 3.8) is 0 Å². The predicted octanol–water partition coefficient (Wildman–Crippen LogP) is 12.3. The summed E-state index contributed by atoms with van der Waals surface area (Å²) in [5, 5.41) is 0. The second-order valence-electron chi connectivity index (χ2n) is 14.4. The molecule has 3 nitrogen and oxygen atoms in total. The van der Waals surface area contributed by atoms with Gasteiger partial charge < -0.3 is 4.74 Å². The zero-order valence-electron chi connectivity index (χ0n) is 28.7. The summed E-state index contributed by atoms with van der Waals surface area (Å²) >= 11 is 0.0736. The topological polar surface area (TPSA) is 43.4 Å². The number of esters is 2. The third-order valence-electron chi connectivity index (χ3n) is 7.26. The Labute approximate surface area is 262 Å². The van der Waals surface area contributed by atoms with E-state index in [1.165, 1.54) is 64.2 Å². The van der Waals surface area contributed by atoms with Crippen molar-refractivity contribution in [1.29, 1.82) is 0 Å². The molecule has 0 saturated carbocycles. The SMILES string of the molecule is CC(C)(C)CCCCCC(=O)OC(=O)CCCCCC(C)(C)C.CCCCCCC[CH2][Sn][CH2]CCCCCCC. The summed E-state index contributed by atoms with van der Waals surface area (Å²) in [6, 6.07) is 0. The molecule has 238 valence electrons.